The smallest absolute Gasteiger partial charge is 0.295 e. The SMILES string of the molecule is O=C(c1cccc(F)c1)N1CCN(c2cc(N3CCOCC3)c(F)cc2[N+](=O)[O-])CC1. The van der Waals surface area contributed by atoms with Crippen LogP contribution < -0.4 is 9.80 Å². The van der Waals surface area contributed by atoms with Crippen LogP contribution in [0.1, 0.15) is 10.4 Å². The zero-order valence-corrected chi connectivity index (χ0v) is 16.8. The van der Waals surface area contributed by atoms with Gasteiger partial charge in [-0.05, 0) is 24.3 Å². The van der Waals surface area contributed by atoms with Gasteiger partial charge in [-0.15, -0.1) is 0 Å². The minimum Gasteiger partial charge on any atom is -0.378 e. The first-order valence-electron chi connectivity index (χ1n) is 10.0. The van der Waals surface area contributed by atoms with E-state index < -0.39 is 16.6 Å². The molecule has 0 aliphatic carbocycles. The first-order chi connectivity index (χ1) is 14.9. The van der Waals surface area contributed by atoms with Gasteiger partial charge in [-0.2, -0.15) is 0 Å². The van der Waals surface area contributed by atoms with E-state index in [0.717, 1.165) is 6.07 Å². The molecular formula is C21H22F2N4O4. The van der Waals surface area contributed by atoms with E-state index >= 15 is 0 Å². The number of nitro groups is 1. The van der Waals surface area contributed by atoms with Gasteiger partial charge in [0, 0.05) is 44.8 Å². The van der Waals surface area contributed by atoms with Crippen LogP contribution >= 0.6 is 0 Å². The standard InChI is InChI=1S/C21H22F2N4O4/c22-16-3-1-2-15(12-16)21(28)26-6-4-24(5-7-26)19-14-18(25-8-10-31-11-9-25)17(23)13-20(19)27(29)30/h1-3,12-14H,4-11H2. The van der Waals surface area contributed by atoms with Gasteiger partial charge in [-0.3, -0.25) is 14.9 Å². The maximum Gasteiger partial charge on any atom is 0.295 e. The Morgan fingerprint density at radius 1 is 0.935 bits per heavy atom. The van der Waals surface area contributed by atoms with Gasteiger partial charge in [0.1, 0.15) is 11.5 Å². The van der Waals surface area contributed by atoms with Crippen LogP contribution in [0.5, 0.6) is 0 Å². The summed E-state index contributed by atoms with van der Waals surface area (Å²) in [5.74, 6) is -1.42. The van der Waals surface area contributed by atoms with Gasteiger partial charge in [-0.25, -0.2) is 8.78 Å². The van der Waals surface area contributed by atoms with Gasteiger partial charge in [0.05, 0.1) is 29.9 Å². The van der Waals surface area contributed by atoms with Crippen molar-refractivity contribution in [2.24, 2.45) is 0 Å². The molecule has 2 aliphatic rings. The number of morpholine rings is 1. The van der Waals surface area contributed by atoms with Crippen molar-refractivity contribution in [1.29, 1.82) is 0 Å². The summed E-state index contributed by atoms with van der Waals surface area (Å²) in [6, 6.07) is 7.97. The number of rotatable bonds is 4. The molecule has 2 aromatic rings. The zero-order chi connectivity index (χ0) is 22.0. The number of carbonyl (C=O) groups is 1. The number of benzene rings is 2. The van der Waals surface area contributed by atoms with Crippen LogP contribution in [0, 0.1) is 21.7 Å². The molecule has 2 fully saturated rings. The van der Waals surface area contributed by atoms with Gasteiger partial charge in [0.2, 0.25) is 0 Å². The van der Waals surface area contributed by atoms with Gasteiger partial charge in [0.15, 0.2) is 5.82 Å². The van der Waals surface area contributed by atoms with Crippen molar-refractivity contribution in [1.82, 2.24) is 4.90 Å². The Morgan fingerprint density at radius 2 is 1.61 bits per heavy atom. The maximum absolute atomic E-state index is 14.6. The summed E-state index contributed by atoms with van der Waals surface area (Å²) in [5.41, 5.74) is 0.586. The first-order valence-corrected chi connectivity index (χ1v) is 10.0. The summed E-state index contributed by atoms with van der Waals surface area (Å²) in [4.78, 5) is 28.8. The molecule has 10 heteroatoms. The van der Waals surface area contributed by atoms with Crippen LogP contribution in [0.2, 0.25) is 0 Å². The van der Waals surface area contributed by atoms with E-state index in [-0.39, 0.29) is 17.2 Å². The van der Waals surface area contributed by atoms with E-state index in [0.29, 0.717) is 63.9 Å². The summed E-state index contributed by atoms with van der Waals surface area (Å²) < 4.78 is 33.4. The highest BCUT2D eigenvalue weighted by atomic mass is 19.1. The lowest BCUT2D eigenvalue weighted by molar-refractivity contribution is -0.384. The number of halogens is 2. The highest BCUT2D eigenvalue weighted by molar-refractivity contribution is 5.94. The van der Waals surface area contributed by atoms with Gasteiger partial charge in [-0.1, -0.05) is 6.07 Å². The number of ether oxygens (including phenoxy) is 1. The molecule has 0 aromatic heterocycles. The summed E-state index contributed by atoms with van der Waals surface area (Å²) in [6.07, 6.45) is 0. The molecule has 2 heterocycles. The third kappa shape index (κ3) is 4.43. The molecule has 0 atom stereocenters. The van der Waals surface area contributed by atoms with Crippen LogP contribution in [-0.4, -0.2) is 68.2 Å². The number of carbonyl (C=O) groups excluding carboxylic acids is 1. The van der Waals surface area contributed by atoms with Crippen molar-refractivity contribution in [3.05, 3.63) is 63.7 Å². The predicted octanol–water partition coefficient (Wildman–Crippen LogP) is 2.67. The molecule has 0 saturated carbocycles. The number of hydrogen-bond donors (Lipinski definition) is 0. The van der Waals surface area contributed by atoms with E-state index in [2.05, 4.69) is 0 Å². The number of hydrogen-bond acceptors (Lipinski definition) is 6. The van der Waals surface area contributed by atoms with Gasteiger partial charge < -0.3 is 19.4 Å². The van der Waals surface area contributed by atoms with Crippen LogP contribution in [0.4, 0.5) is 25.8 Å². The second-order valence-electron chi connectivity index (χ2n) is 7.44. The fraction of sp³-hybridized carbons (Fsp3) is 0.381. The van der Waals surface area contributed by atoms with Crippen LogP contribution in [0.3, 0.4) is 0 Å². The average molecular weight is 432 g/mol. The predicted molar refractivity (Wildman–Crippen MR) is 111 cm³/mol. The van der Waals surface area contributed by atoms with Crippen molar-refractivity contribution >= 4 is 23.0 Å². The number of anilines is 2. The second-order valence-corrected chi connectivity index (χ2v) is 7.44. The maximum atomic E-state index is 14.6. The van der Waals surface area contributed by atoms with Crippen molar-refractivity contribution in [2.45, 2.75) is 0 Å². The van der Waals surface area contributed by atoms with E-state index in [1.165, 1.54) is 24.3 Å². The minimum atomic E-state index is -0.641. The third-order valence-corrected chi connectivity index (χ3v) is 5.57. The minimum absolute atomic E-state index is 0.260. The largest absolute Gasteiger partial charge is 0.378 e. The molecule has 0 spiro atoms. The molecule has 2 aromatic carbocycles. The summed E-state index contributed by atoms with van der Waals surface area (Å²) in [6.45, 7) is 3.26. The van der Waals surface area contributed by atoms with Crippen molar-refractivity contribution in [2.75, 3.05) is 62.3 Å². The van der Waals surface area contributed by atoms with Gasteiger partial charge in [0.25, 0.3) is 11.6 Å². The average Bonchev–Trinajstić information content (AvgIpc) is 2.79. The summed E-state index contributed by atoms with van der Waals surface area (Å²) in [5, 5.41) is 11.6. The second kappa shape index (κ2) is 8.84. The lowest BCUT2D eigenvalue weighted by Crippen LogP contribution is -2.49. The molecule has 31 heavy (non-hydrogen) atoms. The Kier molecular flexibility index (Phi) is 5.99. The first kappa shape index (κ1) is 21.0. The molecule has 4 rings (SSSR count). The quantitative estimate of drug-likeness (QED) is 0.546. The Balaban J connectivity index is 1.54. The lowest BCUT2D eigenvalue weighted by Gasteiger charge is -2.36. The lowest BCUT2D eigenvalue weighted by atomic mass is 10.1. The molecule has 2 aliphatic heterocycles. The van der Waals surface area contributed by atoms with Crippen LogP contribution in [0.25, 0.3) is 0 Å². The molecule has 0 radical (unpaired) electrons. The van der Waals surface area contributed by atoms with Crippen LogP contribution in [-0.2, 0) is 4.74 Å². The fourth-order valence-corrected chi connectivity index (χ4v) is 3.94. The molecule has 0 unspecified atom stereocenters. The van der Waals surface area contributed by atoms with Crippen molar-refractivity contribution < 1.29 is 23.2 Å². The van der Waals surface area contributed by atoms with Crippen molar-refractivity contribution in [3.8, 4) is 0 Å². The monoisotopic (exact) mass is 432 g/mol. The Labute approximate surface area is 177 Å². The Hall–Kier alpha value is -3.27. The van der Waals surface area contributed by atoms with E-state index in [4.69, 9.17) is 4.74 Å². The molecule has 164 valence electrons. The van der Waals surface area contributed by atoms with E-state index in [1.54, 1.807) is 15.9 Å². The molecule has 2 saturated heterocycles. The normalized spacial score (nSPS) is 17.0. The summed E-state index contributed by atoms with van der Waals surface area (Å²) >= 11 is 0. The van der Waals surface area contributed by atoms with E-state index in [9.17, 15) is 23.7 Å². The highest BCUT2D eigenvalue weighted by Gasteiger charge is 2.29. The Morgan fingerprint density at radius 3 is 2.26 bits per heavy atom. The van der Waals surface area contributed by atoms with Crippen LogP contribution in [0.15, 0.2) is 36.4 Å². The number of amides is 1. The van der Waals surface area contributed by atoms with Gasteiger partial charge >= 0.3 is 0 Å². The molecule has 1 amide bonds. The highest BCUT2D eigenvalue weighted by Crippen LogP contribution is 2.36. The number of nitro benzene ring substituents is 1. The van der Waals surface area contributed by atoms with Crippen molar-refractivity contribution in [3.63, 3.8) is 0 Å². The molecule has 0 N–H and O–H groups in total. The molecular weight excluding hydrogens is 410 g/mol. The summed E-state index contributed by atoms with van der Waals surface area (Å²) in [7, 11) is 0. The molecule has 0 bridgehead atoms. The topological polar surface area (TPSA) is 79.2 Å². The third-order valence-electron chi connectivity index (χ3n) is 5.57. The Bertz CT molecular complexity index is 989. The van der Waals surface area contributed by atoms with E-state index in [1.807, 2.05) is 4.90 Å². The number of nitrogens with zero attached hydrogens (tertiary/aromatic N) is 4. The number of piperazine rings is 1. The molecule has 8 nitrogen and oxygen atoms in total. The fourth-order valence-electron chi connectivity index (χ4n) is 3.94. The zero-order valence-electron chi connectivity index (χ0n) is 16.8.